The molecule has 0 heterocycles. The molecule has 0 N–H and O–H groups in total. The number of carbonyl (C=O) groups excluding carboxylic acids is 2. The quantitative estimate of drug-likeness (QED) is 0.455. The van der Waals surface area contributed by atoms with E-state index < -0.39 is 5.82 Å². The summed E-state index contributed by atoms with van der Waals surface area (Å²) in [4.78, 5) is 27.3. The van der Waals surface area contributed by atoms with Crippen molar-refractivity contribution in [2.45, 2.75) is 39.5 Å². The van der Waals surface area contributed by atoms with Crippen molar-refractivity contribution in [2.75, 3.05) is 13.2 Å². The van der Waals surface area contributed by atoms with E-state index in [1.165, 1.54) is 6.07 Å². The predicted molar refractivity (Wildman–Crippen MR) is 92.9 cm³/mol. The van der Waals surface area contributed by atoms with Crippen LogP contribution >= 0.6 is 15.9 Å². The Kier molecular flexibility index (Phi) is 9.22. The summed E-state index contributed by atoms with van der Waals surface area (Å²) in [6, 6.07) is 4.55. The summed E-state index contributed by atoms with van der Waals surface area (Å²) in [5, 5.41) is 0. The molecule has 0 saturated carbocycles. The number of rotatable bonds is 9. The van der Waals surface area contributed by atoms with Gasteiger partial charge in [0, 0.05) is 10.2 Å². The smallest absolute Gasteiger partial charge is 0.306 e. The van der Waals surface area contributed by atoms with Gasteiger partial charge in [0.15, 0.2) is 0 Å². The van der Waals surface area contributed by atoms with Crippen molar-refractivity contribution in [2.24, 2.45) is 4.99 Å². The molecule has 0 aromatic heterocycles. The minimum atomic E-state index is -0.478. The number of benzene rings is 1. The van der Waals surface area contributed by atoms with E-state index in [0.29, 0.717) is 36.2 Å². The number of carbonyl (C=O) groups is 2. The number of para-hydroxylation sites is 1. The van der Waals surface area contributed by atoms with Gasteiger partial charge < -0.3 is 9.47 Å². The highest BCUT2D eigenvalue weighted by Gasteiger charge is 2.12. The number of aliphatic imine (C=N–C) groups is 1. The topological polar surface area (TPSA) is 65.0 Å². The van der Waals surface area contributed by atoms with Gasteiger partial charge in [0.05, 0.1) is 26.1 Å². The third-order valence-corrected chi connectivity index (χ3v) is 3.69. The fourth-order valence-electron chi connectivity index (χ4n) is 1.95. The molecule has 0 amide bonds. The molecule has 0 fully saturated rings. The third-order valence-electron chi connectivity index (χ3n) is 3.05. The van der Waals surface area contributed by atoms with Gasteiger partial charge in [-0.25, -0.2) is 4.39 Å². The highest BCUT2D eigenvalue weighted by molar-refractivity contribution is 9.10. The molecule has 0 atom stereocenters. The van der Waals surface area contributed by atoms with E-state index >= 15 is 0 Å². The van der Waals surface area contributed by atoms with E-state index in [4.69, 9.17) is 9.47 Å². The molecule has 1 aromatic rings. The Balaban J connectivity index is 2.88. The molecule has 0 aliphatic rings. The van der Waals surface area contributed by atoms with Gasteiger partial charge in [0.2, 0.25) is 0 Å². The fourth-order valence-corrected chi connectivity index (χ4v) is 2.38. The molecule has 0 aliphatic heterocycles. The zero-order valence-electron chi connectivity index (χ0n) is 13.8. The van der Waals surface area contributed by atoms with Gasteiger partial charge in [-0.1, -0.05) is 6.07 Å². The molecule has 0 radical (unpaired) electrons. The summed E-state index contributed by atoms with van der Waals surface area (Å²) in [6.07, 6.45) is 0.834. The normalized spacial score (nSPS) is 10.2. The lowest BCUT2D eigenvalue weighted by Gasteiger charge is -2.08. The molecule has 1 rings (SSSR count). The summed E-state index contributed by atoms with van der Waals surface area (Å²) in [5.74, 6) is -1.18. The molecule has 5 nitrogen and oxygen atoms in total. The number of ether oxygens (including phenoxy) is 2. The van der Waals surface area contributed by atoms with E-state index in [2.05, 4.69) is 20.9 Å². The van der Waals surface area contributed by atoms with Gasteiger partial charge >= 0.3 is 11.9 Å². The number of nitrogens with zero attached hydrogens (tertiary/aromatic N) is 1. The van der Waals surface area contributed by atoms with Gasteiger partial charge in [0.1, 0.15) is 11.5 Å². The van der Waals surface area contributed by atoms with Crippen LogP contribution in [0, 0.1) is 5.82 Å². The second-order valence-corrected chi connectivity index (χ2v) is 5.71. The van der Waals surface area contributed by atoms with Crippen LogP contribution in [0.15, 0.2) is 27.7 Å². The van der Waals surface area contributed by atoms with Crippen molar-refractivity contribution in [3.63, 3.8) is 0 Å². The monoisotopic (exact) mass is 401 g/mol. The molecule has 132 valence electrons. The van der Waals surface area contributed by atoms with Crippen LogP contribution in [0.1, 0.15) is 39.5 Å². The van der Waals surface area contributed by atoms with E-state index in [0.717, 1.165) is 0 Å². The van der Waals surface area contributed by atoms with Crippen LogP contribution in [0.4, 0.5) is 10.1 Å². The molecule has 0 bridgehead atoms. The van der Waals surface area contributed by atoms with Gasteiger partial charge in [-0.2, -0.15) is 0 Å². The molecular formula is C17H21BrFNO4. The van der Waals surface area contributed by atoms with E-state index in [9.17, 15) is 14.0 Å². The third kappa shape index (κ3) is 7.21. The lowest BCUT2D eigenvalue weighted by Crippen LogP contribution is -2.11. The summed E-state index contributed by atoms with van der Waals surface area (Å²) in [6.45, 7) is 4.05. The van der Waals surface area contributed by atoms with E-state index in [1.807, 2.05) is 0 Å². The Labute approximate surface area is 149 Å². The minimum Gasteiger partial charge on any atom is -0.466 e. The average molecular weight is 402 g/mol. The van der Waals surface area contributed by atoms with Crippen LogP contribution in [0.5, 0.6) is 0 Å². The Hall–Kier alpha value is -1.76. The maximum Gasteiger partial charge on any atom is 0.306 e. The van der Waals surface area contributed by atoms with Crippen molar-refractivity contribution < 1.29 is 23.5 Å². The maximum atomic E-state index is 13.9. The zero-order valence-corrected chi connectivity index (χ0v) is 15.4. The molecule has 7 heteroatoms. The minimum absolute atomic E-state index is 0.127. The number of hydrogen-bond acceptors (Lipinski definition) is 5. The van der Waals surface area contributed by atoms with Crippen LogP contribution in [-0.4, -0.2) is 30.9 Å². The highest BCUT2D eigenvalue weighted by Crippen LogP contribution is 2.29. The number of esters is 2. The van der Waals surface area contributed by atoms with E-state index in [1.54, 1.807) is 26.0 Å². The molecule has 24 heavy (non-hydrogen) atoms. The molecule has 1 aromatic carbocycles. The first-order valence-electron chi connectivity index (χ1n) is 7.79. The molecule has 0 saturated heterocycles. The fraction of sp³-hybridized carbons (Fsp3) is 0.471. The van der Waals surface area contributed by atoms with Crippen molar-refractivity contribution in [3.8, 4) is 0 Å². The predicted octanol–water partition coefficient (Wildman–Crippen LogP) is 4.35. The van der Waals surface area contributed by atoms with Crippen molar-refractivity contribution in [1.29, 1.82) is 0 Å². The average Bonchev–Trinajstić information content (AvgIpc) is 2.53. The van der Waals surface area contributed by atoms with Crippen LogP contribution in [0.25, 0.3) is 0 Å². The van der Waals surface area contributed by atoms with Gasteiger partial charge in [0.25, 0.3) is 0 Å². The molecule has 0 spiro atoms. The number of halogens is 2. The second kappa shape index (κ2) is 10.9. The first kappa shape index (κ1) is 20.3. The van der Waals surface area contributed by atoms with Crippen LogP contribution in [0.2, 0.25) is 0 Å². The van der Waals surface area contributed by atoms with Crippen molar-refractivity contribution in [3.05, 3.63) is 28.5 Å². The Morgan fingerprint density at radius 3 is 2.04 bits per heavy atom. The molecule has 0 aliphatic carbocycles. The SMILES string of the molecule is CCOC(=O)CCC(CCC(=O)OCC)=Nc1c(F)cccc1Br. The second-order valence-electron chi connectivity index (χ2n) is 4.86. The van der Waals surface area contributed by atoms with Gasteiger partial charge in [-0.3, -0.25) is 14.6 Å². The summed E-state index contributed by atoms with van der Waals surface area (Å²) < 4.78 is 24.2. The summed E-state index contributed by atoms with van der Waals surface area (Å²) >= 11 is 3.26. The van der Waals surface area contributed by atoms with Crippen LogP contribution in [-0.2, 0) is 19.1 Å². The Bertz CT molecular complexity index is 560. The van der Waals surface area contributed by atoms with Crippen LogP contribution < -0.4 is 0 Å². The lowest BCUT2D eigenvalue weighted by atomic mass is 10.1. The molecule has 0 unspecified atom stereocenters. The largest absolute Gasteiger partial charge is 0.466 e. The van der Waals surface area contributed by atoms with Crippen LogP contribution in [0.3, 0.4) is 0 Å². The highest BCUT2D eigenvalue weighted by atomic mass is 79.9. The first-order valence-corrected chi connectivity index (χ1v) is 8.58. The van der Waals surface area contributed by atoms with Gasteiger partial charge in [-0.05, 0) is 54.8 Å². The summed E-state index contributed by atoms with van der Waals surface area (Å²) in [5.41, 5.74) is 0.696. The molecular weight excluding hydrogens is 381 g/mol. The Morgan fingerprint density at radius 2 is 1.58 bits per heavy atom. The maximum absolute atomic E-state index is 13.9. The van der Waals surface area contributed by atoms with E-state index in [-0.39, 0.29) is 30.5 Å². The van der Waals surface area contributed by atoms with Gasteiger partial charge in [-0.15, -0.1) is 0 Å². The zero-order chi connectivity index (χ0) is 17.9. The van der Waals surface area contributed by atoms with Crippen molar-refractivity contribution in [1.82, 2.24) is 0 Å². The standard InChI is InChI=1S/C17H21BrFNO4/c1-3-23-15(21)10-8-12(9-11-16(22)24-4-2)20-17-13(18)6-5-7-14(17)19/h5-7H,3-4,8-11H2,1-2H3. The Morgan fingerprint density at radius 1 is 1.04 bits per heavy atom. The lowest BCUT2D eigenvalue weighted by molar-refractivity contribution is -0.143. The van der Waals surface area contributed by atoms with Crippen molar-refractivity contribution >= 4 is 39.3 Å². The summed E-state index contributed by atoms with van der Waals surface area (Å²) in [7, 11) is 0. The first-order chi connectivity index (χ1) is 11.5. The number of hydrogen-bond donors (Lipinski definition) is 0.